The zero-order valence-electron chi connectivity index (χ0n) is 18.6. The van der Waals surface area contributed by atoms with Gasteiger partial charge >= 0.3 is 0 Å². The Morgan fingerprint density at radius 1 is 1.03 bits per heavy atom. The van der Waals surface area contributed by atoms with E-state index < -0.39 is 0 Å². The first-order valence-corrected chi connectivity index (χ1v) is 10.6. The molecule has 2 aromatic heterocycles. The zero-order chi connectivity index (χ0) is 22.0. The lowest BCUT2D eigenvalue weighted by Gasteiger charge is -2.26. The van der Waals surface area contributed by atoms with E-state index in [0.717, 1.165) is 40.4 Å². The number of aliphatic hydroxyl groups is 1. The molecule has 0 saturated carbocycles. The molecule has 6 heteroatoms. The molecule has 0 fully saturated rings. The zero-order valence-corrected chi connectivity index (χ0v) is 18.6. The standard InChI is InChI=1S/C25H29N5O/c1-5-29(23-10-8-22(9-11-23)28-13-12-26-17-28)24-16-21(7-6-18(24)2)25-19(3)27-30(14-15-31)20(25)4/h6-13,16-17,31H,5,14-15H2,1-4H3. The van der Waals surface area contributed by atoms with Crippen molar-refractivity contribution in [1.29, 1.82) is 0 Å². The Labute approximate surface area is 183 Å². The van der Waals surface area contributed by atoms with Crippen LogP contribution in [-0.4, -0.2) is 37.6 Å². The number of imidazole rings is 1. The van der Waals surface area contributed by atoms with Gasteiger partial charge in [-0.1, -0.05) is 12.1 Å². The van der Waals surface area contributed by atoms with Crippen LogP contribution in [0.4, 0.5) is 11.4 Å². The summed E-state index contributed by atoms with van der Waals surface area (Å²) in [6.45, 7) is 9.87. The van der Waals surface area contributed by atoms with Crippen molar-refractivity contribution in [2.24, 2.45) is 0 Å². The summed E-state index contributed by atoms with van der Waals surface area (Å²) in [5.41, 5.74) is 8.99. The van der Waals surface area contributed by atoms with E-state index in [1.54, 1.807) is 6.20 Å². The first-order valence-electron chi connectivity index (χ1n) is 10.6. The third kappa shape index (κ3) is 3.99. The lowest BCUT2D eigenvalue weighted by molar-refractivity contribution is 0.268. The number of anilines is 2. The molecule has 2 heterocycles. The Hall–Kier alpha value is -3.38. The van der Waals surface area contributed by atoms with E-state index in [1.807, 2.05) is 28.7 Å². The third-order valence-corrected chi connectivity index (χ3v) is 5.76. The molecular weight excluding hydrogens is 386 g/mol. The molecule has 0 unspecified atom stereocenters. The second kappa shape index (κ2) is 8.78. The van der Waals surface area contributed by atoms with Crippen LogP contribution in [0.15, 0.2) is 61.2 Å². The van der Waals surface area contributed by atoms with E-state index in [9.17, 15) is 5.11 Å². The van der Waals surface area contributed by atoms with Crippen LogP contribution < -0.4 is 4.90 Å². The third-order valence-electron chi connectivity index (χ3n) is 5.76. The van der Waals surface area contributed by atoms with Crippen molar-refractivity contribution in [3.63, 3.8) is 0 Å². The molecule has 0 atom stereocenters. The van der Waals surface area contributed by atoms with Gasteiger partial charge in [0.1, 0.15) is 0 Å². The number of aromatic nitrogens is 4. The maximum Gasteiger partial charge on any atom is 0.0991 e. The van der Waals surface area contributed by atoms with Crippen LogP contribution in [0.1, 0.15) is 23.9 Å². The van der Waals surface area contributed by atoms with Crippen LogP contribution in [0.2, 0.25) is 0 Å². The van der Waals surface area contributed by atoms with E-state index in [1.165, 1.54) is 11.3 Å². The molecule has 1 N–H and O–H groups in total. The molecular formula is C25H29N5O. The largest absolute Gasteiger partial charge is 0.394 e. The Morgan fingerprint density at radius 2 is 1.81 bits per heavy atom. The molecule has 4 aromatic rings. The monoisotopic (exact) mass is 415 g/mol. The minimum Gasteiger partial charge on any atom is -0.394 e. The number of hydrogen-bond acceptors (Lipinski definition) is 4. The summed E-state index contributed by atoms with van der Waals surface area (Å²) in [5.74, 6) is 0. The topological polar surface area (TPSA) is 59.1 Å². The van der Waals surface area contributed by atoms with Gasteiger partial charge in [0.05, 0.1) is 25.2 Å². The summed E-state index contributed by atoms with van der Waals surface area (Å²) < 4.78 is 3.89. The van der Waals surface area contributed by atoms with Gasteiger partial charge in [0, 0.05) is 47.3 Å². The minimum atomic E-state index is 0.0826. The van der Waals surface area contributed by atoms with Crippen molar-refractivity contribution in [2.45, 2.75) is 34.2 Å². The van der Waals surface area contributed by atoms with Gasteiger partial charge in [-0.2, -0.15) is 5.10 Å². The molecule has 2 aromatic carbocycles. The van der Waals surface area contributed by atoms with E-state index in [0.29, 0.717) is 6.54 Å². The Morgan fingerprint density at radius 3 is 2.45 bits per heavy atom. The Kier molecular flexibility index (Phi) is 5.91. The Balaban J connectivity index is 1.72. The molecule has 0 saturated heterocycles. The van der Waals surface area contributed by atoms with Gasteiger partial charge in [-0.05, 0) is 69.2 Å². The molecule has 6 nitrogen and oxygen atoms in total. The average Bonchev–Trinajstić information content (AvgIpc) is 3.40. The summed E-state index contributed by atoms with van der Waals surface area (Å²) >= 11 is 0. The Bertz CT molecular complexity index is 1160. The van der Waals surface area contributed by atoms with Crippen LogP contribution in [0, 0.1) is 20.8 Å². The van der Waals surface area contributed by atoms with Gasteiger partial charge in [-0.15, -0.1) is 0 Å². The number of aryl methyl sites for hydroxylation is 2. The predicted octanol–water partition coefficient (Wildman–Crippen LogP) is 4.81. The van der Waals surface area contributed by atoms with Crippen molar-refractivity contribution in [1.82, 2.24) is 19.3 Å². The van der Waals surface area contributed by atoms with E-state index in [-0.39, 0.29) is 6.61 Å². The fourth-order valence-electron chi connectivity index (χ4n) is 4.19. The number of hydrogen-bond donors (Lipinski definition) is 1. The number of aliphatic hydroxyl groups excluding tert-OH is 1. The fraction of sp³-hybridized carbons (Fsp3) is 0.280. The highest BCUT2D eigenvalue weighted by molar-refractivity contribution is 5.77. The highest BCUT2D eigenvalue weighted by Gasteiger charge is 2.17. The maximum absolute atomic E-state index is 9.33. The van der Waals surface area contributed by atoms with Gasteiger partial charge in [-0.3, -0.25) is 4.68 Å². The highest BCUT2D eigenvalue weighted by atomic mass is 16.3. The van der Waals surface area contributed by atoms with E-state index >= 15 is 0 Å². The molecule has 0 aliphatic heterocycles. The number of rotatable bonds is 7. The van der Waals surface area contributed by atoms with Crippen molar-refractivity contribution >= 4 is 11.4 Å². The second-order valence-electron chi connectivity index (χ2n) is 7.72. The lowest BCUT2D eigenvalue weighted by Crippen LogP contribution is -2.17. The predicted molar refractivity (Wildman–Crippen MR) is 125 cm³/mol. The molecule has 0 radical (unpaired) electrons. The molecule has 0 amide bonds. The molecule has 0 spiro atoms. The molecule has 0 aliphatic rings. The molecule has 0 bridgehead atoms. The van der Waals surface area contributed by atoms with Crippen molar-refractivity contribution in [3.8, 4) is 16.8 Å². The van der Waals surface area contributed by atoms with Gasteiger partial charge in [0.25, 0.3) is 0 Å². The van der Waals surface area contributed by atoms with Crippen molar-refractivity contribution < 1.29 is 5.11 Å². The van der Waals surface area contributed by atoms with Crippen LogP contribution in [-0.2, 0) is 6.54 Å². The molecule has 4 rings (SSSR count). The fourth-order valence-corrected chi connectivity index (χ4v) is 4.19. The highest BCUT2D eigenvalue weighted by Crippen LogP contribution is 2.35. The van der Waals surface area contributed by atoms with Crippen LogP contribution in [0.3, 0.4) is 0 Å². The smallest absolute Gasteiger partial charge is 0.0991 e. The SMILES string of the molecule is CCN(c1ccc(-n2ccnc2)cc1)c1cc(-c2c(C)nn(CCO)c2C)ccc1C. The van der Waals surface area contributed by atoms with Gasteiger partial charge < -0.3 is 14.6 Å². The molecule has 160 valence electrons. The van der Waals surface area contributed by atoms with Crippen LogP contribution >= 0.6 is 0 Å². The maximum atomic E-state index is 9.33. The van der Waals surface area contributed by atoms with E-state index in [4.69, 9.17) is 0 Å². The first kappa shape index (κ1) is 20.9. The summed E-state index contributed by atoms with van der Waals surface area (Å²) in [5, 5.41) is 14.0. The second-order valence-corrected chi connectivity index (χ2v) is 7.72. The number of benzene rings is 2. The number of nitrogens with zero attached hydrogens (tertiary/aromatic N) is 5. The van der Waals surface area contributed by atoms with Gasteiger partial charge in [0.15, 0.2) is 0 Å². The summed E-state index contributed by atoms with van der Waals surface area (Å²) in [6.07, 6.45) is 5.54. The van der Waals surface area contributed by atoms with Gasteiger partial charge in [-0.25, -0.2) is 4.98 Å². The van der Waals surface area contributed by atoms with Crippen molar-refractivity contribution in [2.75, 3.05) is 18.1 Å². The summed E-state index contributed by atoms with van der Waals surface area (Å²) in [7, 11) is 0. The minimum absolute atomic E-state index is 0.0826. The summed E-state index contributed by atoms with van der Waals surface area (Å²) in [4.78, 5) is 6.46. The lowest BCUT2D eigenvalue weighted by atomic mass is 10.00. The first-order chi connectivity index (χ1) is 15.0. The van der Waals surface area contributed by atoms with E-state index in [2.05, 4.69) is 78.2 Å². The normalized spacial score (nSPS) is 11.1. The van der Waals surface area contributed by atoms with Gasteiger partial charge in [0.2, 0.25) is 0 Å². The molecule has 31 heavy (non-hydrogen) atoms. The molecule has 0 aliphatic carbocycles. The van der Waals surface area contributed by atoms with Crippen LogP contribution in [0.25, 0.3) is 16.8 Å². The van der Waals surface area contributed by atoms with Crippen LogP contribution in [0.5, 0.6) is 0 Å². The summed E-state index contributed by atoms with van der Waals surface area (Å²) in [6, 6.07) is 15.1. The van der Waals surface area contributed by atoms with Crippen molar-refractivity contribution in [3.05, 3.63) is 78.1 Å². The average molecular weight is 416 g/mol. The quantitative estimate of drug-likeness (QED) is 0.471.